The van der Waals surface area contributed by atoms with Crippen molar-refractivity contribution < 1.29 is 9.18 Å². The van der Waals surface area contributed by atoms with Gasteiger partial charge in [0.2, 0.25) is 0 Å². The van der Waals surface area contributed by atoms with E-state index >= 15 is 0 Å². The van der Waals surface area contributed by atoms with Crippen LogP contribution in [0.3, 0.4) is 0 Å². The van der Waals surface area contributed by atoms with Crippen LogP contribution in [0, 0.1) is 5.82 Å². The van der Waals surface area contributed by atoms with Gasteiger partial charge in [-0.05, 0) is 42.3 Å². The number of carbonyl (C=O) groups is 1. The van der Waals surface area contributed by atoms with E-state index in [1.54, 1.807) is 18.2 Å². The van der Waals surface area contributed by atoms with Gasteiger partial charge in [0.25, 0.3) is 0 Å². The van der Waals surface area contributed by atoms with Crippen LogP contribution in [-0.4, -0.2) is 5.78 Å². The van der Waals surface area contributed by atoms with E-state index in [9.17, 15) is 9.18 Å². The molecule has 0 aromatic heterocycles. The standard InChI is InChI=1S/C13H12FNO/c14-11-3-5-12(6-4-11)15-9-10-1-7-13(16)8-2-10/h1,3-7,9,15H,2,8H2. The number of carbonyl (C=O) groups excluding carboxylic acids is 1. The molecule has 1 N–H and O–H groups in total. The molecule has 2 nitrogen and oxygen atoms in total. The Kier molecular flexibility index (Phi) is 3.15. The average molecular weight is 217 g/mol. The monoisotopic (exact) mass is 217 g/mol. The lowest BCUT2D eigenvalue weighted by Gasteiger charge is -2.07. The van der Waals surface area contributed by atoms with Gasteiger partial charge < -0.3 is 5.32 Å². The van der Waals surface area contributed by atoms with Gasteiger partial charge in [-0.15, -0.1) is 0 Å². The number of rotatable bonds is 2. The molecule has 0 heterocycles. The van der Waals surface area contributed by atoms with Crippen molar-refractivity contribution in [3.63, 3.8) is 0 Å². The highest BCUT2D eigenvalue weighted by Crippen LogP contribution is 2.15. The summed E-state index contributed by atoms with van der Waals surface area (Å²) in [4.78, 5) is 10.9. The van der Waals surface area contributed by atoms with Crippen molar-refractivity contribution in [2.75, 3.05) is 5.32 Å². The number of halogens is 1. The second-order valence-corrected chi connectivity index (χ2v) is 3.67. The summed E-state index contributed by atoms with van der Waals surface area (Å²) in [5, 5.41) is 3.07. The van der Waals surface area contributed by atoms with Gasteiger partial charge in [0.15, 0.2) is 5.78 Å². The molecular formula is C13H12FNO. The fourth-order valence-corrected chi connectivity index (χ4v) is 1.48. The molecule has 2 rings (SSSR count). The molecule has 1 aromatic carbocycles. The quantitative estimate of drug-likeness (QED) is 0.824. The Morgan fingerprint density at radius 1 is 1.12 bits per heavy atom. The van der Waals surface area contributed by atoms with Crippen molar-refractivity contribution in [1.82, 2.24) is 0 Å². The molecule has 1 aliphatic rings. The zero-order chi connectivity index (χ0) is 11.4. The van der Waals surface area contributed by atoms with E-state index in [-0.39, 0.29) is 11.6 Å². The summed E-state index contributed by atoms with van der Waals surface area (Å²) in [5.41, 5.74) is 1.91. The van der Waals surface area contributed by atoms with E-state index in [1.165, 1.54) is 12.1 Å². The molecule has 0 amide bonds. The summed E-state index contributed by atoms with van der Waals surface area (Å²) in [6.45, 7) is 0. The molecule has 1 aliphatic carbocycles. The van der Waals surface area contributed by atoms with Crippen molar-refractivity contribution in [1.29, 1.82) is 0 Å². The Morgan fingerprint density at radius 2 is 1.88 bits per heavy atom. The largest absolute Gasteiger partial charge is 0.361 e. The topological polar surface area (TPSA) is 29.1 Å². The third kappa shape index (κ3) is 2.79. The smallest absolute Gasteiger partial charge is 0.156 e. The van der Waals surface area contributed by atoms with Crippen LogP contribution in [0.4, 0.5) is 10.1 Å². The first-order chi connectivity index (χ1) is 7.74. The van der Waals surface area contributed by atoms with Gasteiger partial charge >= 0.3 is 0 Å². The lowest BCUT2D eigenvalue weighted by Crippen LogP contribution is -2.01. The zero-order valence-corrected chi connectivity index (χ0v) is 8.74. The highest BCUT2D eigenvalue weighted by molar-refractivity contribution is 5.91. The molecule has 0 bridgehead atoms. The number of benzene rings is 1. The van der Waals surface area contributed by atoms with Gasteiger partial charge in [0.05, 0.1) is 0 Å². The summed E-state index contributed by atoms with van der Waals surface area (Å²) < 4.78 is 12.6. The van der Waals surface area contributed by atoms with Gasteiger partial charge in [-0.3, -0.25) is 4.79 Å². The summed E-state index contributed by atoms with van der Waals surface area (Å²) in [6.07, 6.45) is 6.55. The third-order valence-electron chi connectivity index (χ3n) is 2.41. The number of hydrogen-bond acceptors (Lipinski definition) is 2. The van der Waals surface area contributed by atoms with Crippen molar-refractivity contribution in [2.24, 2.45) is 0 Å². The molecule has 0 unspecified atom stereocenters. The van der Waals surface area contributed by atoms with Crippen molar-refractivity contribution >= 4 is 11.5 Å². The maximum absolute atomic E-state index is 12.6. The molecule has 82 valence electrons. The predicted octanol–water partition coefficient (Wildman–Crippen LogP) is 3.04. The van der Waals surface area contributed by atoms with Crippen LogP contribution >= 0.6 is 0 Å². The molecule has 0 fully saturated rings. The van der Waals surface area contributed by atoms with Crippen LogP contribution in [0.2, 0.25) is 0 Å². The van der Waals surface area contributed by atoms with Crippen LogP contribution in [0.1, 0.15) is 12.8 Å². The minimum absolute atomic E-state index is 0.166. The first kappa shape index (κ1) is 10.6. The Bertz CT molecular complexity index is 446. The molecule has 0 saturated carbocycles. The van der Waals surface area contributed by atoms with Crippen LogP contribution in [0.25, 0.3) is 0 Å². The second-order valence-electron chi connectivity index (χ2n) is 3.67. The summed E-state index contributed by atoms with van der Waals surface area (Å²) in [6, 6.07) is 6.15. The maximum atomic E-state index is 12.6. The molecular weight excluding hydrogens is 205 g/mol. The Hall–Kier alpha value is -1.90. The molecule has 0 spiro atoms. The van der Waals surface area contributed by atoms with E-state index in [0.29, 0.717) is 6.42 Å². The van der Waals surface area contributed by atoms with Crippen molar-refractivity contribution in [3.8, 4) is 0 Å². The number of nitrogens with one attached hydrogen (secondary N) is 1. The lowest BCUT2D eigenvalue weighted by molar-refractivity contribution is -0.114. The Morgan fingerprint density at radius 3 is 2.50 bits per heavy atom. The Balaban J connectivity index is 2.01. The molecule has 0 saturated heterocycles. The third-order valence-corrected chi connectivity index (χ3v) is 2.41. The van der Waals surface area contributed by atoms with Gasteiger partial charge in [-0.2, -0.15) is 0 Å². The highest BCUT2D eigenvalue weighted by atomic mass is 19.1. The zero-order valence-electron chi connectivity index (χ0n) is 8.74. The molecule has 0 atom stereocenters. The number of allylic oxidation sites excluding steroid dienone is 3. The summed E-state index contributed by atoms with van der Waals surface area (Å²) in [5.74, 6) is -0.0831. The average Bonchev–Trinajstić information content (AvgIpc) is 2.30. The van der Waals surface area contributed by atoms with Crippen LogP contribution in [0.15, 0.2) is 48.2 Å². The van der Waals surface area contributed by atoms with Crippen LogP contribution in [-0.2, 0) is 4.79 Å². The maximum Gasteiger partial charge on any atom is 0.156 e. The summed E-state index contributed by atoms with van der Waals surface area (Å²) in [7, 11) is 0. The van der Waals surface area contributed by atoms with Gasteiger partial charge in [0.1, 0.15) is 5.82 Å². The lowest BCUT2D eigenvalue weighted by atomic mass is 10.0. The molecule has 0 radical (unpaired) electrons. The SMILES string of the molecule is O=C1C=CC(=CNc2ccc(F)cc2)CC1. The number of hydrogen-bond donors (Lipinski definition) is 1. The first-order valence-corrected chi connectivity index (χ1v) is 5.16. The van der Waals surface area contributed by atoms with E-state index in [0.717, 1.165) is 17.7 Å². The van der Waals surface area contributed by atoms with Crippen LogP contribution < -0.4 is 5.32 Å². The normalized spacial score (nSPS) is 17.8. The fraction of sp³-hybridized carbons (Fsp3) is 0.154. The summed E-state index contributed by atoms with van der Waals surface area (Å²) >= 11 is 0. The van der Waals surface area contributed by atoms with E-state index in [4.69, 9.17) is 0 Å². The van der Waals surface area contributed by atoms with Gasteiger partial charge in [-0.1, -0.05) is 6.08 Å². The van der Waals surface area contributed by atoms with Gasteiger partial charge in [0, 0.05) is 18.3 Å². The van der Waals surface area contributed by atoms with Crippen molar-refractivity contribution in [2.45, 2.75) is 12.8 Å². The number of ketones is 1. The molecule has 3 heteroatoms. The van der Waals surface area contributed by atoms with Crippen molar-refractivity contribution in [3.05, 3.63) is 54.0 Å². The van der Waals surface area contributed by atoms with E-state index in [1.807, 2.05) is 12.3 Å². The van der Waals surface area contributed by atoms with Crippen LogP contribution in [0.5, 0.6) is 0 Å². The fourth-order valence-electron chi connectivity index (χ4n) is 1.48. The van der Waals surface area contributed by atoms with E-state index < -0.39 is 0 Å². The molecule has 1 aromatic rings. The highest BCUT2D eigenvalue weighted by Gasteiger charge is 2.05. The molecule has 16 heavy (non-hydrogen) atoms. The van der Waals surface area contributed by atoms with Gasteiger partial charge in [-0.25, -0.2) is 4.39 Å². The Labute approximate surface area is 93.5 Å². The minimum atomic E-state index is -0.249. The minimum Gasteiger partial charge on any atom is -0.361 e. The first-order valence-electron chi connectivity index (χ1n) is 5.16. The van der Waals surface area contributed by atoms with E-state index in [2.05, 4.69) is 5.32 Å². The molecule has 0 aliphatic heterocycles. The number of anilines is 1. The second kappa shape index (κ2) is 4.75. The predicted molar refractivity (Wildman–Crippen MR) is 61.5 cm³/mol.